The van der Waals surface area contributed by atoms with Crippen molar-refractivity contribution in [2.24, 2.45) is 0 Å². The number of nitrogens with zero attached hydrogens (tertiary/aromatic N) is 1. The maximum absolute atomic E-state index is 12.5. The van der Waals surface area contributed by atoms with Crippen LogP contribution in [0.25, 0.3) is 0 Å². The van der Waals surface area contributed by atoms with Gasteiger partial charge in [0.1, 0.15) is 0 Å². The van der Waals surface area contributed by atoms with Crippen molar-refractivity contribution < 1.29 is 9.53 Å². The number of nitrogens with one attached hydrogen (secondary N) is 1. The molecule has 2 aromatic carbocycles. The number of hydrogen-bond acceptors (Lipinski definition) is 2. The molecule has 0 bridgehead atoms. The van der Waals surface area contributed by atoms with Crippen LogP contribution in [0.5, 0.6) is 0 Å². The van der Waals surface area contributed by atoms with Crippen LogP contribution in [0.4, 0.5) is 10.5 Å². The SMILES string of the molecule is Cc1ccccc1NC(=O)N1CCOC1c1ccc(Br)cc1. The Labute approximate surface area is 138 Å². The Morgan fingerprint density at radius 1 is 1.23 bits per heavy atom. The zero-order valence-electron chi connectivity index (χ0n) is 12.3. The smallest absolute Gasteiger partial charge is 0.324 e. The van der Waals surface area contributed by atoms with Crippen LogP contribution in [0.3, 0.4) is 0 Å². The summed E-state index contributed by atoms with van der Waals surface area (Å²) in [5.41, 5.74) is 2.84. The summed E-state index contributed by atoms with van der Waals surface area (Å²) in [6.07, 6.45) is -0.336. The van der Waals surface area contributed by atoms with E-state index in [1.807, 2.05) is 55.5 Å². The van der Waals surface area contributed by atoms with Gasteiger partial charge in [-0.25, -0.2) is 4.79 Å². The molecule has 0 spiro atoms. The number of urea groups is 1. The lowest BCUT2D eigenvalue weighted by Crippen LogP contribution is -2.35. The predicted molar refractivity (Wildman–Crippen MR) is 89.7 cm³/mol. The standard InChI is InChI=1S/C17H17BrN2O2/c1-12-4-2-3-5-15(12)19-17(21)20-10-11-22-16(20)13-6-8-14(18)9-7-13/h2-9,16H,10-11H2,1H3,(H,19,21). The largest absolute Gasteiger partial charge is 0.352 e. The number of amides is 2. The number of rotatable bonds is 2. The van der Waals surface area contributed by atoms with E-state index in [1.165, 1.54) is 0 Å². The second-order valence-corrected chi connectivity index (χ2v) is 6.13. The Balaban J connectivity index is 1.76. The van der Waals surface area contributed by atoms with Gasteiger partial charge in [-0.3, -0.25) is 4.90 Å². The number of ether oxygens (including phenoxy) is 1. The van der Waals surface area contributed by atoms with Gasteiger partial charge in [0.05, 0.1) is 6.61 Å². The third kappa shape index (κ3) is 3.15. The average Bonchev–Trinajstić information content (AvgIpc) is 3.00. The summed E-state index contributed by atoms with van der Waals surface area (Å²) in [6.45, 7) is 3.10. The number of benzene rings is 2. The number of hydrogen-bond donors (Lipinski definition) is 1. The van der Waals surface area contributed by atoms with Crippen LogP contribution in [-0.4, -0.2) is 24.1 Å². The Kier molecular flexibility index (Phi) is 4.45. The van der Waals surface area contributed by atoms with Crippen molar-refractivity contribution in [2.75, 3.05) is 18.5 Å². The van der Waals surface area contributed by atoms with Crippen LogP contribution in [0.15, 0.2) is 53.0 Å². The number of carbonyl (C=O) groups is 1. The fourth-order valence-electron chi connectivity index (χ4n) is 2.48. The molecule has 0 saturated carbocycles. The van der Waals surface area contributed by atoms with E-state index >= 15 is 0 Å². The lowest BCUT2D eigenvalue weighted by molar-refractivity contribution is 0.0522. The highest BCUT2D eigenvalue weighted by molar-refractivity contribution is 9.10. The first-order valence-corrected chi connectivity index (χ1v) is 7.95. The number of halogens is 1. The van der Waals surface area contributed by atoms with E-state index < -0.39 is 0 Å². The van der Waals surface area contributed by atoms with Gasteiger partial charge in [-0.05, 0) is 30.7 Å². The van der Waals surface area contributed by atoms with E-state index in [0.717, 1.165) is 21.3 Å². The molecule has 1 aliphatic rings. The van der Waals surface area contributed by atoms with Crippen LogP contribution >= 0.6 is 15.9 Å². The van der Waals surface area contributed by atoms with E-state index in [9.17, 15) is 4.79 Å². The molecule has 1 unspecified atom stereocenters. The quantitative estimate of drug-likeness (QED) is 0.866. The third-order valence-electron chi connectivity index (χ3n) is 3.69. The third-order valence-corrected chi connectivity index (χ3v) is 4.22. The predicted octanol–water partition coefficient (Wildman–Crippen LogP) is 4.32. The minimum Gasteiger partial charge on any atom is -0.352 e. The molecular formula is C17H17BrN2O2. The Morgan fingerprint density at radius 2 is 1.95 bits per heavy atom. The topological polar surface area (TPSA) is 41.6 Å². The van der Waals surface area contributed by atoms with Gasteiger partial charge >= 0.3 is 6.03 Å². The van der Waals surface area contributed by atoms with Gasteiger partial charge in [0.2, 0.25) is 0 Å². The summed E-state index contributed by atoms with van der Waals surface area (Å²) in [7, 11) is 0. The van der Waals surface area contributed by atoms with Gasteiger partial charge in [-0.2, -0.15) is 0 Å². The summed E-state index contributed by atoms with van der Waals surface area (Å²) in [5, 5.41) is 2.96. The molecule has 1 aliphatic heterocycles. The van der Waals surface area contributed by atoms with E-state index in [0.29, 0.717) is 13.2 Å². The average molecular weight is 361 g/mol. The summed E-state index contributed by atoms with van der Waals surface area (Å²) in [6, 6.07) is 15.4. The van der Waals surface area contributed by atoms with Crippen molar-refractivity contribution >= 4 is 27.6 Å². The number of para-hydroxylation sites is 1. The highest BCUT2D eigenvalue weighted by Gasteiger charge is 2.31. The van der Waals surface area contributed by atoms with Crippen LogP contribution in [-0.2, 0) is 4.74 Å². The lowest BCUT2D eigenvalue weighted by Gasteiger charge is -2.24. The molecule has 0 aromatic heterocycles. The Morgan fingerprint density at radius 3 is 2.68 bits per heavy atom. The van der Waals surface area contributed by atoms with Crippen molar-refractivity contribution in [2.45, 2.75) is 13.2 Å². The molecule has 1 atom stereocenters. The second kappa shape index (κ2) is 6.50. The minimum atomic E-state index is -0.336. The molecule has 1 saturated heterocycles. The molecule has 1 N–H and O–H groups in total. The Bertz CT molecular complexity index is 673. The molecule has 1 heterocycles. The monoisotopic (exact) mass is 360 g/mol. The summed E-state index contributed by atoms with van der Waals surface area (Å²) in [4.78, 5) is 14.3. The molecule has 0 radical (unpaired) electrons. The van der Waals surface area contributed by atoms with Gasteiger partial charge in [0.25, 0.3) is 0 Å². The highest BCUT2D eigenvalue weighted by Crippen LogP contribution is 2.28. The first-order chi connectivity index (χ1) is 10.6. The number of aryl methyl sites for hydroxylation is 1. The minimum absolute atomic E-state index is 0.139. The highest BCUT2D eigenvalue weighted by atomic mass is 79.9. The lowest BCUT2D eigenvalue weighted by atomic mass is 10.2. The van der Waals surface area contributed by atoms with Crippen molar-refractivity contribution in [3.8, 4) is 0 Å². The van der Waals surface area contributed by atoms with Gasteiger partial charge in [-0.1, -0.05) is 46.3 Å². The number of carbonyl (C=O) groups excluding carboxylic acids is 1. The molecule has 3 rings (SSSR count). The molecule has 22 heavy (non-hydrogen) atoms. The Hall–Kier alpha value is -1.85. The van der Waals surface area contributed by atoms with Gasteiger partial charge < -0.3 is 10.1 Å². The zero-order valence-corrected chi connectivity index (χ0v) is 13.8. The van der Waals surface area contributed by atoms with Crippen LogP contribution in [0.2, 0.25) is 0 Å². The molecule has 5 heteroatoms. The van der Waals surface area contributed by atoms with Crippen molar-refractivity contribution in [1.82, 2.24) is 4.90 Å². The van der Waals surface area contributed by atoms with Crippen LogP contribution in [0.1, 0.15) is 17.4 Å². The summed E-state index contributed by atoms with van der Waals surface area (Å²) in [5.74, 6) is 0. The molecular weight excluding hydrogens is 344 g/mol. The van der Waals surface area contributed by atoms with Gasteiger partial charge in [-0.15, -0.1) is 0 Å². The molecule has 1 fully saturated rings. The molecule has 114 valence electrons. The fraction of sp³-hybridized carbons (Fsp3) is 0.235. The molecule has 0 aliphatic carbocycles. The van der Waals surface area contributed by atoms with Crippen LogP contribution < -0.4 is 5.32 Å². The maximum Gasteiger partial charge on any atom is 0.324 e. The first kappa shape index (κ1) is 15.1. The molecule has 2 aromatic rings. The van der Waals surface area contributed by atoms with E-state index in [2.05, 4.69) is 21.2 Å². The molecule has 4 nitrogen and oxygen atoms in total. The van der Waals surface area contributed by atoms with Crippen LogP contribution in [0, 0.1) is 6.92 Å². The fourth-order valence-corrected chi connectivity index (χ4v) is 2.75. The summed E-state index contributed by atoms with van der Waals surface area (Å²) < 4.78 is 6.74. The van der Waals surface area contributed by atoms with Crippen molar-refractivity contribution in [1.29, 1.82) is 0 Å². The zero-order chi connectivity index (χ0) is 15.5. The van der Waals surface area contributed by atoms with E-state index in [4.69, 9.17) is 4.74 Å². The van der Waals surface area contributed by atoms with Crippen molar-refractivity contribution in [3.05, 3.63) is 64.1 Å². The van der Waals surface area contributed by atoms with Crippen molar-refractivity contribution in [3.63, 3.8) is 0 Å². The normalized spacial score (nSPS) is 17.5. The first-order valence-electron chi connectivity index (χ1n) is 7.15. The van der Waals surface area contributed by atoms with Gasteiger partial charge in [0.15, 0.2) is 6.23 Å². The van der Waals surface area contributed by atoms with E-state index in [1.54, 1.807) is 4.90 Å². The van der Waals surface area contributed by atoms with E-state index in [-0.39, 0.29) is 12.3 Å². The summed E-state index contributed by atoms with van der Waals surface area (Å²) >= 11 is 3.42. The second-order valence-electron chi connectivity index (χ2n) is 5.21. The van der Waals surface area contributed by atoms with Gasteiger partial charge in [0, 0.05) is 22.3 Å². The maximum atomic E-state index is 12.5. The molecule has 2 amide bonds. The number of anilines is 1.